The molecule has 3 nitrogen and oxygen atoms in total. The Labute approximate surface area is 112 Å². The minimum Gasteiger partial charge on any atom is -0.481 e. The average Bonchev–Trinajstić information content (AvgIpc) is 2.79. The van der Waals surface area contributed by atoms with Crippen molar-refractivity contribution in [3.05, 3.63) is 21.9 Å². The zero-order chi connectivity index (χ0) is 13.0. The van der Waals surface area contributed by atoms with Gasteiger partial charge in [0.15, 0.2) is 0 Å². The molecule has 1 fully saturated rings. The first-order valence-corrected chi connectivity index (χ1v) is 7.54. The highest BCUT2D eigenvalue weighted by Gasteiger charge is 2.24. The number of likely N-dealkylation sites (tertiary alicyclic amines) is 1. The van der Waals surface area contributed by atoms with Crippen molar-refractivity contribution in [3.63, 3.8) is 0 Å². The van der Waals surface area contributed by atoms with Gasteiger partial charge in [0.1, 0.15) is 0 Å². The topological polar surface area (TPSA) is 40.5 Å². The number of nitrogens with zero attached hydrogens (tertiary/aromatic N) is 1. The van der Waals surface area contributed by atoms with Crippen molar-refractivity contribution in [1.29, 1.82) is 0 Å². The lowest BCUT2D eigenvalue weighted by Crippen LogP contribution is -2.40. The smallest absolute Gasteiger partial charge is 0.304 e. The molecular weight excluding hydrogens is 246 g/mol. The molecule has 0 amide bonds. The molecule has 0 aromatic carbocycles. The SMILES string of the molecule is CCc1ccc(CN2CCCCC2CC(=O)O)s1. The zero-order valence-electron chi connectivity index (χ0n) is 10.9. The Morgan fingerprint density at radius 1 is 1.44 bits per heavy atom. The van der Waals surface area contributed by atoms with Gasteiger partial charge in [-0.3, -0.25) is 9.69 Å². The summed E-state index contributed by atoms with van der Waals surface area (Å²) in [6.07, 6.45) is 4.76. The van der Waals surface area contributed by atoms with Gasteiger partial charge in [-0.2, -0.15) is 0 Å². The molecule has 1 N–H and O–H groups in total. The van der Waals surface area contributed by atoms with E-state index in [-0.39, 0.29) is 12.5 Å². The first kappa shape index (κ1) is 13.6. The summed E-state index contributed by atoms with van der Waals surface area (Å²) in [7, 11) is 0. The minimum atomic E-state index is -0.674. The Bertz CT molecular complexity index is 402. The maximum Gasteiger partial charge on any atom is 0.304 e. The van der Waals surface area contributed by atoms with Gasteiger partial charge in [0.25, 0.3) is 0 Å². The van der Waals surface area contributed by atoms with Crippen molar-refractivity contribution < 1.29 is 9.90 Å². The van der Waals surface area contributed by atoms with Gasteiger partial charge in [-0.1, -0.05) is 13.3 Å². The highest BCUT2D eigenvalue weighted by Crippen LogP contribution is 2.25. The molecule has 0 saturated carbocycles. The second-order valence-electron chi connectivity index (χ2n) is 4.94. The number of aryl methyl sites for hydroxylation is 1. The molecule has 0 bridgehead atoms. The Hall–Kier alpha value is -0.870. The number of hydrogen-bond donors (Lipinski definition) is 1. The van der Waals surface area contributed by atoms with E-state index in [9.17, 15) is 4.79 Å². The molecule has 1 saturated heterocycles. The lowest BCUT2D eigenvalue weighted by atomic mass is 9.99. The fourth-order valence-electron chi connectivity index (χ4n) is 2.60. The lowest BCUT2D eigenvalue weighted by molar-refractivity contribution is -0.138. The van der Waals surface area contributed by atoms with Gasteiger partial charge >= 0.3 is 5.97 Å². The molecule has 1 aliphatic rings. The predicted octanol–water partition coefficient (Wildman–Crippen LogP) is 3.14. The van der Waals surface area contributed by atoms with E-state index in [1.54, 1.807) is 0 Å². The van der Waals surface area contributed by atoms with Gasteiger partial charge < -0.3 is 5.11 Å². The van der Waals surface area contributed by atoms with Gasteiger partial charge in [0.2, 0.25) is 0 Å². The van der Waals surface area contributed by atoms with Crippen LogP contribution < -0.4 is 0 Å². The molecule has 1 aromatic rings. The summed E-state index contributed by atoms with van der Waals surface area (Å²) in [6, 6.07) is 4.61. The second-order valence-corrected chi connectivity index (χ2v) is 6.19. The largest absolute Gasteiger partial charge is 0.481 e. The van der Waals surface area contributed by atoms with Crippen molar-refractivity contribution in [2.75, 3.05) is 6.54 Å². The van der Waals surface area contributed by atoms with E-state index in [0.29, 0.717) is 0 Å². The first-order chi connectivity index (χ1) is 8.69. The number of rotatable bonds is 5. The molecule has 100 valence electrons. The molecular formula is C14H21NO2S. The van der Waals surface area contributed by atoms with Crippen LogP contribution in [0.4, 0.5) is 0 Å². The van der Waals surface area contributed by atoms with Crippen LogP contribution in [0.25, 0.3) is 0 Å². The normalized spacial score (nSPS) is 21.1. The standard InChI is InChI=1S/C14H21NO2S/c1-2-12-6-7-13(18-12)10-15-8-4-3-5-11(15)9-14(16)17/h6-7,11H,2-5,8-10H2,1H3,(H,16,17). The van der Waals surface area contributed by atoms with E-state index < -0.39 is 5.97 Å². The third-order valence-electron chi connectivity index (χ3n) is 3.58. The van der Waals surface area contributed by atoms with Crippen molar-refractivity contribution in [1.82, 2.24) is 4.90 Å². The molecule has 1 aromatic heterocycles. The van der Waals surface area contributed by atoms with Gasteiger partial charge in [-0.25, -0.2) is 0 Å². The number of piperidine rings is 1. The number of carbonyl (C=O) groups is 1. The highest BCUT2D eigenvalue weighted by atomic mass is 32.1. The molecule has 0 spiro atoms. The quantitative estimate of drug-likeness (QED) is 0.891. The molecule has 18 heavy (non-hydrogen) atoms. The van der Waals surface area contributed by atoms with Gasteiger partial charge in [-0.05, 0) is 37.9 Å². The molecule has 2 heterocycles. The van der Waals surface area contributed by atoms with E-state index >= 15 is 0 Å². The number of hydrogen-bond acceptors (Lipinski definition) is 3. The van der Waals surface area contributed by atoms with Crippen molar-refractivity contribution in [3.8, 4) is 0 Å². The molecule has 4 heteroatoms. The van der Waals surface area contributed by atoms with E-state index in [1.165, 1.54) is 22.6 Å². The summed E-state index contributed by atoms with van der Waals surface area (Å²) < 4.78 is 0. The number of aliphatic carboxylic acids is 1. The minimum absolute atomic E-state index is 0.225. The molecule has 1 unspecified atom stereocenters. The second kappa shape index (κ2) is 6.34. The van der Waals surface area contributed by atoms with E-state index in [4.69, 9.17) is 5.11 Å². The molecule has 0 aliphatic carbocycles. The monoisotopic (exact) mass is 267 g/mol. The van der Waals surface area contributed by atoms with Crippen molar-refractivity contribution in [2.24, 2.45) is 0 Å². The van der Waals surface area contributed by atoms with Gasteiger partial charge in [0.05, 0.1) is 6.42 Å². The summed E-state index contributed by atoms with van der Waals surface area (Å²) >= 11 is 1.86. The van der Waals surface area contributed by atoms with Gasteiger partial charge in [0, 0.05) is 22.3 Å². The zero-order valence-corrected chi connectivity index (χ0v) is 11.7. The summed E-state index contributed by atoms with van der Waals surface area (Å²) in [6.45, 7) is 4.13. The summed E-state index contributed by atoms with van der Waals surface area (Å²) in [5.41, 5.74) is 0. The van der Waals surface area contributed by atoms with Crippen LogP contribution in [0.3, 0.4) is 0 Å². The number of carboxylic acids is 1. The Morgan fingerprint density at radius 3 is 2.89 bits per heavy atom. The van der Waals surface area contributed by atoms with Crippen LogP contribution in [0.15, 0.2) is 12.1 Å². The van der Waals surface area contributed by atoms with Crippen LogP contribution in [0.5, 0.6) is 0 Å². The van der Waals surface area contributed by atoms with Crippen LogP contribution in [-0.2, 0) is 17.8 Å². The van der Waals surface area contributed by atoms with E-state index in [2.05, 4.69) is 24.0 Å². The van der Waals surface area contributed by atoms with Gasteiger partial charge in [-0.15, -0.1) is 11.3 Å². The summed E-state index contributed by atoms with van der Waals surface area (Å²) in [5, 5.41) is 8.97. The van der Waals surface area contributed by atoms with Crippen LogP contribution in [0.1, 0.15) is 42.4 Å². The lowest BCUT2D eigenvalue weighted by Gasteiger charge is -2.34. The third kappa shape index (κ3) is 3.56. The fourth-order valence-corrected chi connectivity index (χ4v) is 3.58. The maximum atomic E-state index is 10.9. The van der Waals surface area contributed by atoms with Crippen LogP contribution in [0.2, 0.25) is 0 Å². The Balaban J connectivity index is 1.98. The molecule has 1 atom stereocenters. The van der Waals surface area contributed by atoms with E-state index in [0.717, 1.165) is 25.9 Å². The van der Waals surface area contributed by atoms with E-state index in [1.807, 2.05) is 11.3 Å². The van der Waals surface area contributed by atoms with Crippen LogP contribution in [-0.4, -0.2) is 28.6 Å². The fraction of sp³-hybridized carbons (Fsp3) is 0.643. The van der Waals surface area contributed by atoms with Crippen LogP contribution >= 0.6 is 11.3 Å². The first-order valence-electron chi connectivity index (χ1n) is 6.72. The number of carboxylic acid groups (broad SMARTS) is 1. The predicted molar refractivity (Wildman–Crippen MR) is 74.0 cm³/mol. The molecule has 1 aliphatic heterocycles. The molecule has 2 rings (SSSR count). The Kier molecular flexibility index (Phi) is 4.78. The van der Waals surface area contributed by atoms with Crippen molar-refractivity contribution in [2.45, 2.75) is 51.6 Å². The van der Waals surface area contributed by atoms with Crippen LogP contribution in [0, 0.1) is 0 Å². The number of thiophene rings is 1. The Morgan fingerprint density at radius 2 is 2.22 bits per heavy atom. The summed E-state index contributed by atoms with van der Waals surface area (Å²) in [5.74, 6) is -0.674. The average molecular weight is 267 g/mol. The summed E-state index contributed by atoms with van der Waals surface area (Å²) in [4.78, 5) is 16.0. The third-order valence-corrected chi connectivity index (χ3v) is 4.80. The molecule has 0 radical (unpaired) electrons. The van der Waals surface area contributed by atoms with Crippen molar-refractivity contribution >= 4 is 17.3 Å². The highest BCUT2D eigenvalue weighted by molar-refractivity contribution is 7.11. The maximum absolute atomic E-state index is 10.9.